The van der Waals surface area contributed by atoms with Crippen molar-refractivity contribution < 1.29 is 9.53 Å². The van der Waals surface area contributed by atoms with Crippen molar-refractivity contribution >= 4 is 23.2 Å². The smallest absolute Gasteiger partial charge is 0.261 e. The highest BCUT2D eigenvalue weighted by atomic mass is 32.1. The summed E-state index contributed by atoms with van der Waals surface area (Å²) in [6.45, 7) is 3.02. The molecule has 0 aliphatic carbocycles. The molecule has 2 rings (SSSR count). The third kappa shape index (κ3) is 4.79. The van der Waals surface area contributed by atoms with Crippen LogP contribution in [0, 0.1) is 0 Å². The van der Waals surface area contributed by atoms with Crippen molar-refractivity contribution in [3.05, 3.63) is 65.7 Å². The summed E-state index contributed by atoms with van der Waals surface area (Å²) in [5.41, 5.74) is 1.60. The molecule has 0 saturated carbocycles. The summed E-state index contributed by atoms with van der Waals surface area (Å²) in [6.07, 6.45) is 0. The lowest BCUT2D eigenvalue weighted by Crippen LogP contribution is -2.40. The van der Waals surface area contributed by atoms with Crippen LogP contribution in [0.3, 0.4) is 0 Å². The molecule has 0 atom stereocenters. The van der Waals surface area contributed by atoms with Crippen molar-refractivity contribution in [2.24, 2.45) is 0 Å². The molecular formula is C18H20N2O2S. The number of nitrogens with one attached hydrogen (secondary N) is 1. The van der Waals surface area contributed by atoms with Crippen LogP contribution in [-0.4, -0.2) is 29.6 Å². The topological polar surface area (TPSA) is 41.6 Å². The number of para-hydroxylation sites is 1. The van der Waals surface area contributed by atoms with Gasteiger partial charge in [-0.1, -0.05) is 42.5 Å². The summed E-state index contributed by atoms with van der Waals surface area (Å²) in [5, 5.41) is 3.13. The molecule has 0 fully saturated rings. The van der Waals surface area contributed by atoms with E-state index in [-0.39, 0.29) is 5.91 Å². The van der Waals surface area contributed by atoms with Crippen LogP contribution in [0.4, 0.5) is 0 Å². The monoisotopic (exact) mass is 328 g/mol. The maximum Gasteiger partial charge on any atom is 0.261 e. The first-order valence-corrected chi connectivity index (χ1v) is 7.85. The van der Waals surface area contributed by atoms with E-state index in [9.17, 15) is 4.79 Å². The largest absolute Gasteiger partial charge is 0.493 e. The Bertz CT molecular complexity index is 674. The number of nitrogens with zero attached hydrogens (tertiary/aromatic N) is 1. The van der Waals surface area contributed by atoms with E-state index in [0.29, 0.717) is 29.6 Å². The number of hydrogen-bond acceptors (Lipinski definition) is 3. The fourth-order valence-electron chi connectivity index (χ4n) is 2.12. The molecule has 1 N–H and O–H groups in total. The van der Waals surface area contributed by atoms with Gasteiger partial charge in [0, 0.05) is 13.6 Å². The SMILES string of the molecule is CCOc1ccccc1C(=O)NC(=S)N(C)Cc1ccccc1. The Morgan fingerprint density at radius 3 is 2.48 bits per heavy atom. The van der Waals surface area contributed by atoms with Crippen molar-refractivity contribution in [2.45, 2.75) is 13.5 Å². The zero-order valence-corrected chi connectivity index (χ0v) is 14.1. The Kier molecular flexibility index (Phi) is 6.11. The minimum atomic E-state index is -0.265. The number of carbonyl (C=O) groups is 1. The summed E-state index contributed by atoms with van der Waals surface area (Å²) in [5.74, 6) is 0.292. The second-order valence-corrected chi connectivity index (χ2v) is 5.42. The van der Waals surface area contributed by atoms with E-state index in [0.717, 1.165) is 5.56 Å². The average molecular weight is 328 g/mol. The summed E-state index contributed by atoms with van der Waals surface area (Å²) < 4.78 is 5.48. The van der Waals surface area contributed by atoms with E-state index in [1.165, 1.54) is 0 Å². The second kappa shape index (κ2) is 8.29. The lowest BCUT2D eigenvalue weighted by atomic mass is 10.2. The molecule has 0 aliphatic heterocycles. The highest BCUT2D eigenvalue weighted by Gasteiger charge is 2.15. The molecule has 0 bridgehead atoms. The highest BCUT2D eigenvalue weighted by Crippen LogP contribution is 2.17. The fourth-order valence-corrected chi connectivity index (χ4v) is 2.28. The first-order valence-electron chi connectivity index (χ1n) is 7.44. The van der Waals surface area contributed by atoms with E-state index in [2.05, 4.69) is 5.32 Å². The lowest BCUT2D eigenvalue weighted by molar-refractivity contribution is 0.0970. The molecule has 2 aromatic rings. The van der Waals surface area contributed by atoms with Gasteiger partial charge in [0.2, 0.25) is 0 Å². The predicted molar refractivity (Wildman–Crippen MR) is 95.6 cm³/mol. The second-order valence-electron chi connectivity index (χ2n) is 5.03. The van der Waals surface area contributed by atoms with Crippen LogP contribution in [0.2, 0.25) is 0 Å². The number of ether oxygens (including phenoxy) is 1. The van der Waals surface area contributed by atoms with E-state index in [4.69, 9.17) is 17.0 Å². The Labute approximate surface area is 142 Å². The minimum absolute atomic E-state index is 0.265. The molecular weight excluding hydrogens is 308 g/mol. The molecule has 0 spiro atoms. The highest BCUT2D eigenvalue weighted by molar-refractivity contribution is 7.80. The van der Waals surface area contributed by atoms with Crippen LogP contribution in [0.1, 0.15) is 22.8 Å². The Hall–Kier alpha value is -2.40. The number of benzene rings is 2. The lowest BCUT2D eigenvalue weighted by Gasteiger charge is -2.21. The number of hydrogen-bond donors (Lipinski definition) is 1. The van der Waals surface area contributed by atoms with E-state index < -0.39 is 0 Å². The molecule has 5 heteroatoms. The van der Waals surface area contributed by atoms with Crippen LogP contribution in [0.15, 0.2) is 54.6 Å². The quantitative estimate of drug-likeness (QED) is 0.856. The molecule has 0 heterocycles. The van der Waals surface area contributed by atoms with E-state index in [1.54, 1.807) is 18.2 Å². The van der Waals surface area contributed by atoms with Crippen molar-refractivity contribution in [2.75, 3.05) is 13.7 Å². The van der Waals surface area contributed by atoms with Gasteiger partial charge >= 0.3 is 0 Å². The van der Waals surface area contributed by atoms with Crippen molar-refractivity contribution in [3.63, 3.8) is 0 Å². The van der Waals surface area contributed by atoms with Gasteiger partial charge < -0.3 is 9.64 Å². The first-order chi connectivity index (χ1) is 11.1. The minimum Gasteiger partial charge on any atom is -0.493 e. The van der Waals surface area contributed by atoms with Gasteiger partial charge in [0.05, 0.1) is 12.2 Å². The first kappa shape index (κ1) is 17.0. The molecule has 23 heavy (non-hydrogen) atoms. The molecule has 2 aromatic carbocycles. The molecule has 0 saturated heterocycles. The van der Waals surface area contributed by atoms with E-state index in [1.807, 2.05) is 55.3 Å². The third-order valence-electron chi connectivity index (χ3n) is 3.26. The fraction of sp³-hybridized carbons (Fsp3) is 0.222. The standard InChI is InChI=1S/C18H20N2O2S/c1-3-22-16-12-8-7-11-15(16)17(21)19-18(23)20(2)13-14-9-5-4-6-10-14/h4-12H,3,13H2,1-2H3,(H,19,21,23). The molecule has 120 valence electrons. The zero-order chi connectivity index (χ0) is 16.7. The summed E-state index contributed by atoms with van der Waals surface area (Å²) in [7, 11) is 1.85. The molecule has 0 aromatic heterocycles. The maximum absolute atomic E-state index is 12.4. The van der Waals surface area contributed by atoms with Crippen LogP contribution < -0.4 is 10.1 Å². The Morgan fingerprint density at radius 2 is 1.78 bits per heavy atom. The van der Waals surface area contributed by atoms with Gasteiger partial charge in [0.1, 0.15) is 5.75 Å². The van der Waals surface area contributed by atoms with Crippen molar-refractivity contribution in [3.8, 4) is 5.75 Å². The molecule has 0 aliphatic rings. The number of amides is 1. The Balaban J connectivity index is 2.01. The van der Waals surface area contributed by atoms with Crippen LogP contribution in [0.25, 0.3) is 0 Å². The zero-order valence-electron chi connectivity index (χ0n) is 13.3. The molecule has 4 nitrogen and oxygen atoms in total. The third-order valence-corrected chi connectivity index (χ3v) is 3.67. The van der Waals surface area contributed by atoms with Crippen LogP contribution in [-0.2, 0) is 6.54 Å². The van der Waals surface area contributed by atoms with E-state index >= 15 is 0 Å². The van der Waals surface area contributed by atoms with Gasteiger partial charge in [-0.25, -0.2) is 0 Å². The van der Waals surface area contributed by atoms with Gasteiger partial charge in [-0.15, -0.1) is 0 Å². The van der Waals surface area contributed by atoms with Gasteiger partial charge in [-0.2, -0.15) is 0 Å². The number of carbonyl (C=O) groups excluding carboxylic acids is 1. The summed E-state index contributed by atoms with van der Waals surface area (Å²) in [6, 6.07) is 17.1. The Morgan fingerprint density at radius 1 is 1.13 bits per heavy atom. The van der Waals surface area contributed by atoms with Gasteiger partial charge in [0.15, 0.2) is 5.11 Å². The summed E-state index contributed by atoms with van der Waals surface area (Å²) in [4.78, 5) is 14.2. The van der Waals surface area contributed by atoms with Crippen LogP contribution in [0.5, 0.6) is 5.75 Å². The van der Waals surface area contributed by atoms with Gasteiger partial charge in [-0.3, -0.25) is 10.1 Å². The van der Waals surface area contributed by atoms with Crippen LogP contribution >= 0.6 is 12.2 Å². The number of thiocarbonyl (C=S) groups is 1. The molecule has 0 unspecified atom stereocenters. The molecule has 0 radical (unpaired) electrons. The maximum atomic E-state index is 12.4. The average Bonchev–Trinajstić information content (AvgIpc) is 2.56. The van der Waals surface area contributed by atoms with Gasteiger partial charge in [-0.05, 0) is 36.8 Å². The van der Waals surface area contributed by atoms with Gasteiger partial charge in [0.25, 0.3) is 5.91 Å². The predicted octanol–water partition coefficient (Wildman–Crippen LogP) is 3.23. The molecule has 1 amide bonds. The normalized spacial score (nSPS) is 10.0. The summed E-state index contributed by atoms with van der Waals surface area (Å²) >= 11 is 5.31. The van der Waals surface area contributed by atoms with Crippen molar-refractivity contribution in [1.82, 2.24) is 10.2 Å². The number of rotatable bonds is 5. The van der Waals surface area contributed by atoms with Crippen molar-refractivity contribution in [1.29, 1.82) is 0 Å².